The molecule has 2 nitrogen and oxygen atoms in total. The van der Waals surface area contributed by atoms with E-state index in [9.17, 15) is 13.2 Å². The van der Waals surface area contributed by atoms with E-state index in [0.29, 0.717) is 5.75 Å². The third-order valence-corrected chi connectivity index (χ3v) is 3.09. The molecule has 0 aliphatic carbocycles. The van der Waals surface area contributed by atoms with Gasteiger partial charge in [0.25, 0.3) is 0 Å². The molecule has 1 rings (SSSR count). The Labute approximate surface area is 113 Å². The third-order valence-electron chi connectivity index (χ3n) is 2.59. The largest absolute Gasteiger partial charge is 0.496 e. The zero-order valence-corrected chi connectivity index (χ0v) is 11.7. The first kappa shape index (κ1) is 15.3. The van der Waals surface area contributed by atoms with Gasteiger partial charge in [0.15, 0.2) is 0 Å². The van der Waals surface area contributed by atoms with Crippen molar-refractivity contribution < 1.29 is 17.9 Å². The molecule has 1 atom stereocenters. The van der Waals surface area contributed by atoms with Crippen LogP contribution in [0, 0.1) is 0 Å². The molecule has 1 unspecified atom stereocenters. The summed E-state index contributed by atoms with van der Waals surface area (Å²) >= 11 is 3.30. The first-order valence-corrected chi connectivity index (χ1v) is 6.21. The van der Waals surface area contributed by atoms with Crippen molar-refractivity contribution in [3.05, 3.63) is 28.2 Å². The van der Waals surface area contributed by atoms with Gasteiger partial charge in [0, 0.05) is 10.5 Å². The van der Waals surface area contributed by atoms with E-state index in [1.165, 1.54) is 14.2 Å². The minimum atomic E-state index is -4.17. The highest BCUT2D eigenvalue weighted by molar-refractivity contribution is 9.10. The zero-order valence-electron chi connectivity index (χ0n) is 10.1. The Kier molecular flexibility index (Phi) is 5.47. The van der Waals surface area contributed by atoms with Crippen molar-refractivity contribution in [2.75, 3.05) is 14.2 Å². The van der Waals surface area contributed by atoms with Crippen LogP contribution in [0.3, 0.4) is 0 Å². The van der Waals surface area contributed by atoms with Gasteiger partial charge in [-0.2, -0.15) is 13.2 Å². The highest BCUT2D eigenvalue weighted by Crippen LogP contribution is 2.27. The predicted molar refractivity (Wildman–Crippen MR) is 67.9 cm³/mol. The summed E-state index contributed by atoms with van der Waals surface area (Å²) in [6.45, 7) is 0. The number of ether oxygens (including phenoxy) is 1. The van der Waals surface area contributed by atoms with Crippen LogP contribution < -0.4 is 10.1 Å². The van der Waals surface area contributed by atoms with Gasteiger partial charge in [-0.3, -0.25) is 0 Å². The number of rotatable bonds is 5. The summed E-state index contributed by atoms with van der Waals surface area (Å²) in [6, 6.07) is 4.65. The van der Waals surface area contributed by atoms with E-state index >= 15 is 0 Å². The molecule has 1 aromatic carbocycles. The van der Waals surface area contributed by atoms with E-state index < -0.39 is 18.6 Å². The Balaban J connectivity index is 2.84. The highest BCUT2D eigenvalue weighted by Gasteiger charge is 2.31. The van der Waals surface area contributed by atoms with Crippen molar-refractivity contribution in [3.8, 4) is 5.75 Å². The fourth-order valence-electron chi connectivity index (χ4n) is 1.73. The molecule has 6 heteroatoms. The molecular weight excluding hydrogens is 311 g/mol. The van der Waals surface area contributed by atoms with Gasteiger partial charge < -0.3 is 10.1 Å². The maximum Gasteiger partial charge on any atom is 0.390 e. The minimum Gasteiger partial charge on any atom is -0.496 e. The lowest BCUT2D eigenvalue weighted by Gasteiger charge is -2.19. The van der Waals surface area contributed by atoms with E-state index in [1.54, 1.807) is 18.2 Å². The van der Waals surface area contributed by atoms with Gasteiger partial charge in [-0.05, 0) is 37.2 Å². The standard InChI is InChI=1S/C12H15BrF3NO/c1-17-10(7-12(14,15)16)6-8-5-9(13)3-4-11(8)18-2/h3-5,10,17H,6-7H2,1-2H3. The lowest BCUT2D eigenvalue weighted by atomic mass is 10.0. The van der Waals surface area contributed by atoms with Crippen LogP contribution in [0.15, 0.2) is 22.7 Å². The van der Waals surface area contributed by atoms with E-state index in [4.69, 9.17) is 4.74 Å². The van der Waals surface area contributed by atoms with Crippen LogP contribution in [0.4, 0.5) is 13.2 Å². The molecule has 0 aromatic heterocycles. The van der Waals surface area contributed by atoms with Crippen LogP contribution in [0.2, 0.25) is 0 Å². The topological polar surface area (TPSA) is 21.3 Å². The molecule has 102 valence electrons. The number of benzene rings is 1. The number of nitrogens with one attached hydrogen (secondary N) is 1. The Bertz CT molecular complexity index is 395. The Morgan fingerprint density at radius 2 is 2.06 bits per heavy atom. The summed E-state index contributed by atoms with van der Waals surface area (Å²) in [6.07, 6.45) is -4.77. The monoisotopic (exact) mass is 325 g/mol. The summed E-state index contributed by atoms with van der Waals surface area (Å²) < 4.78 is 43.1. The van der Waals surface area contributed by atoms with E-state index in [2.05, 4.69) is 21.2 Å². The van der Waals surface area contributed by atoms with Crippen molar-refractivity contribution in [3.63, 3.8) is 0 Å². The van der Waals surface area contributed by atoms with Crippen molar-refractivity contribution >= 4 is 15.9 Å². The SMILES string of the molecule is CNC(Cc1cc(Br)ccc1OC)CC(F)(F)F. The second-order valence-electron chi connectivity index (χ2n) is 3.97. The van der Waals surface area contributed by atoms with Crippen LogP contribution in [0.25, 0.3) is 0 Å². The lowest BCUT2D eigenvalue weighted by Crippen LogP contribution is -2.33. The molecule has 0 saturated carbocycles. The third kappa shape index (κ3) is 4.86. The summed E-state index contributed by atoms with van der Waals surface area (Å²) in [5, 5.41) is 2.69. The van der Waals surface area contributed by atoms with Gasteiger partial charge >= 0.3 is 6.18 Å². The number of likely N-dealkylation sites (N-methyl/N-ethyl adjacent to an activating group) is 1. The summed E-state index contributed by atoms with van der Waals surface area (Å²) in [7, 11) is 3.03. The molecule has 1 aromatic rings. The highest BCUT2D eigenvalue weighted by atomic mass is 79.9. The van der Waals surface area contributed by atoms with Crippen molar-refractivity contribution in [1.29, 1.82) is 0 Å². The van der Waals surface area contributed by atoms with Gasteiger partial charge in [-0.25, -0.2) is 0 Å². The predicted octanol–water partition coefficient (Wildman–Crippen LogP) is 3.54. The molecule has 18 heavy (non-hydrogen) atoms. The number of hydrogen-bond donors (Lipinski definition) is 1. The molecule has 0 bridgehead atoms. The average Bonchev–Trinajstić information content (AvgIpc) is 2.26. The molecule has 0 saturated heterocycles. The molecule has 0 aliphatic rings. The quantitative estimate of drug-likeness (QED) is 0.894. The van der Waals surface area contributed by atoms with Crippen molar-refractivity contribution in [2.45, 2.75) is 25.1 Å². The first-order valence-electron chi connectivity index (χ1n) is 5.42. The summed E-state index contributed by atoms with van der Waals surface area (Å²) in [5.74, 6) is 0.598. The van der Waals surface area contributed by atoms with E-state index in [0.717, 1.165) is 10.0 Å². The fraction of sp³-hybridized carbons (Fsp3) is 0.500. The lowest BCUT2D eigenvalue weighted by molar-refractivity contribution is -0.139. The number of hydrogen-bond acceptors (Lipinski definition) is 2. The van der Waals surface area contributed by atoms with Gasteiger partial charge in [0.2, 0.25) is 0 Å². The number of halogens is 4. The second kappa shape index (κ2) is 6.43. The van der Waals surface area contributed by atoms with Crippen LogP contribution in [0.5, 0.6) is 5.75 Å². The van der Waals surface area contributed by atoms with Crippen molar-refractivity contribution in [2.24, 2.45) is 0 Å². The molecule has 0 heterocycles. The Hall–Kier alpha value is -0.750. The van der Waals surface area contributed by atoms with Crippen LogP contribution in [-0.4, -0.2) is 26.4 Å². The molecule has 0 fully saturated rings. The maximum absolute atomic E-state index is 12.4. The van der Waals surface area contributed by atoms with Gasteiger partial charge in [-0.1, -0.05) is 15.9 Å². The number of alkyl halides is 3. The average molecular weight is 326 g/mol. The minimum absolute atomic E-state index is 0.263. The zero-order chi connectivity index (χ0) is 13.8. The molecule has 0 amide bonds. The summed E-state index contributed by atoms with van der Waals surface area (Å²) in [4.78, 5) is 0. The molecule has 0 aliphatic heterocycles. The van der Waals surface area contributed by atoms with E-state index in [1.807, 2.05) is 0 Å². The fourth-order valence-corrected chi connectivity index (χ4v) is 2.14. The first-order chi connectivity index (χ1) is 8.35. The molecule has 1 N–H and O–H groups in total. The van der Waals surface area contributed by atoms with E-state index in [-0.39, 0.29) is 6.42 Å². The van der Waals surface area contributed by atoms with Gasteiger partial charge in [-0.15, -0.1) is 0 Å². The number of methoxy groups -OCH3 is 1. The smallest absolute Gasteiger partial charge is 0.390 e. The van der Waals surface area contributed by atoms with Crippen LogP contribution in [-0.2, 0) is 6.42 Å². The maximum atomic E-state index is 12.4. The van der Waals surface area contributed by atoms with Gasteiger partial charge in [0.05, 0.1) is 13.5 Å². The molecule has 0 spiro atoms. The van der Waals surface area contributed by atoms with Crippen LogP contribution in [0.1, 0.15) is 12.0 Å². The Morgan fingerprint density at radius 1 is 1.39 bits per heavy atom. The van der Waals surface area contributed by atoms with Gasteiger partial charge in [0.1, 0.15) is 5.75 Å². The van der Waals surface area contributed by atoms with Crippen LogP contribution >= 0.6 is 15.9 Å². The second-order valence-corrected chi connectivity index (χ2v) is 4.88. The molecular formula is C12H15BrF3NO. The van der Waals surface area contributed by atoms with Crippen molar-refractivity contribution in [1.82, 2.24) is 5.32 Å². The summed E-state index contributed by atoms with van der Waals surface area (Å²) in [5.41, 5.74) is 0.746. The normalized spacial score (nSPS) is 13.4. The molecule has 0 radical (unpaired) electrons. The Morgan fingerprint density at radius 3 is 2.56 bits per heavy atom.